The summed E-state index contributed by atoms with van der Waals surface area (Å²) in [6.07, 6.45) is 0.190. The summed E-state index contributed by atoms with van der Waals surface area (Å²) in [5.74, 6) is 0.415. The summed E-state index contributed by atoms with van der Waals surface area (Å²) in [6, 6.07) is 0. The molecule has 13 nitrogen and oxygen atoms in total. The second-order valence-corrected chi connectivity index (χ2v) is 8.76. The number of aromatic amines is 1. The van der Waals surface area contributed by atoms with Gasteiger partial charge in [0.25, 0.3) is 7.82 Å². The molecule has 1 aliphatic heterocycles. The molecule has 1 fully saturated rings. The molecule has 2 aromatic rings. The molecule has 7 N–H and O–H groups in total. The van der Waals surface area contributed by atoms with Gasteiger partial charge in [0.15, 0.2) is 10.9 Å². The smallest absolute Gasteiger partial charge is 0.265 e. The average Bonchev–Trinajstić information content (AvgIpc) is 3.24. The molecule has 1 saturated heterocycles. The van der Waals surface area contributed by atoms with Crippen molar-refractivity contribution in [2.45, 2.75) is 50.2 Å². The molecule has 0 aliphatic carbocycles. The predicted molar refractivity (Wildman–Crippen MR) is 110 cm³/mol. The molecule has 0 aromatic carbocycles. The zero-order valence-corrected chi connectivity index (χ0v) is 18.3. The third-order valence-electron chi connectivity index (χ3n) is 4.88. The zero-order valence-electron chi connectivity index (χ0n) is 16.6. The number of aromatic nitrogens is 4. The van der Waals surface area contributed by atoms with E-state index in [1.54, 1.807) is 0 Å². The standard InChI is InChI=1S/C16H27N6O7PS/c17-5-3-1-2-4-6-18-16-20-13-10(14(31)21-16)19-8-22(13)15-12(24)11(23)9(29-15)7-28-30(25,26)27/h8-9,11-12,15,23-24H,1-7,17H2,(H2,25,26,27)(H2,18,20,21,31)/p-1/t9-,11?,12+,15-/m1/s1. The van der Waals surface area contributed by atoms with Crippen molar-refractivity contribution in [1.29, 1.82) is 0 Å². The lowest BCUT2D eigenvalue weighted by atomic mass is 10.1. The Morgan fingerprint density at radius 1 is 1.35 bits per heavy atom. The van der Waals surface area contributed by atoms with Gasteiger partial charge in [-0.2, -0.15) is 0 Å². The molecule has 0 saturated carbocycles. The molecule has 2 unspecified atom stereocenters. The lowest BCUT2D eigenvalue weighted by molar-refractivity contribution is -0.222. The van der Waals surface area contributed by atoms with Gasteiger partial charge in [-0.1, -0.05) is 25.1 Å². The van der Waals surface area contributed by atoms with Crippen molar-refractivity contribution in [3.05, 3.63) is 11.0 Å². The largest absolute Gasteiger partial charge is 0.756 e. The first-order chi connectivity index (χ1) is 14.7. The number of rotatable bonds is 11. The normalized spacial score (nSPS) is 25.7. The molecule has 174 valence electrons. The Morgan fingerprint density at radius 2 is 2.10 bits per heavy atom. The molecule has 1 aliphatic rings. The Hall–Kier alpha value is -1.48. The predicted octanol–water partition coefficient (Wildman–Crippen LogP) is -0.484. The minimum absolute atomic E-state index is 0.235. The summed E-state index contributed by atoms with van der Waals surface area (Å²) in [5.41, 5.74) is 6.25. The first-order valence-corrected chi connectivity index (χ1v) is 11.7. The second-order valence-electron chi connectivity index (χ2n) is 7.18. The minimum atomic E-state index is -5.00. The number of hydrogen-bond acceptors (Lipinski definition) is 11. The molecular weight excluding hydrogens is 451 g/mol. The van der Waals surface area contributed by atoms with Crippen molar-refractivity contribution >= 4 is 37.2 Å². The van der Waals surface area contributed by atoms with Gasteiger partial charge >= 0.3 is 0 Å². The van der Waals surface area contributed by atoms with Crippen LogP contribution in [0.5, 0.6) is 0 Å². The molecule has 2 aromatic heterocycles. The fraction of sp³-hybridized carbons (Fsp3) is 0.688. The molecule has 5 atom stereocenters. The van der Waals surface area contributed by atoms with E-state index in [4.69, 9.17) is 27.6 Å². The summed E-state index contributed by atoms with van der Waals surface area (Å²) in [5, 5.41) is 23.7. The van der Waals surface area contributed by atoms with E-state index in [0.717, 1.165) is 25.7 Å². The maximum Gasteiger partial charge on any atom is 0.265 e. The lowest BCUT2D eigenvalue weighted by Crippen LogP contribution is -2.34. The zero-order chi connectivity index (χ0) is 22.6. The van der Waals surface area contributed by atoms with Gasteiger partial charge < -0.3 is 45.3 Å². The van der Waals surface area contributed by atoms with Crippen molar-refractivity contribution in [3.63, 3.8) is 0 Å². The maximum atomic E-state index is 10.8. The summed E-state index contributed by atoms with van der Waals surface area (Å²) < 4.78 is 22.3. The van der Waals surface area contributed by atoms with Crippen LogP contribution in [0.3, 0.4) is 0 Å². The fourth-order valence-corrected chi connectivity index (χ4v) is 3.88. The number of nitrogens with one attached hydrogen (secondary N) is 2. The molecule has 0 amide bonds. The Labute approximate surface area is 182 Å². The second kappa shape index (κ2) is 10.4. The molecule has 0 bridgehead atoms. The highest BCUT2D eigenvalue weighted by Crippen LogP contribution is 2.36. The quantitative estimate of drug-likeness (QED) is 0.138. The van der Waals surface area contributed by atoms with Crippen molar-refractivity contribution in [1.82, 2.24) is 19.5 Å². The summed E-state index contributed by atoms with van der Waals surface area (Å²) in [6.45, 7) is 0.683. The molecule has 31 heavy (non-hydrogen) atoms. The number of hydrogen-bond donors (Lipinski definition) is 6. The third-order valence-corrected chi connectivity index (χ3v) is 5.64. The average molecular weight is 477 g/mol. The Bertz CT molecular complexity index is 981. The first kappa shape index (κ1) is 24.2. The number of ether oxygens (including phenoxy) is 1. The monoisotopic (exact) mass is 477 g/mol. The van der Waals surface area contributed by atoms with Crippen LogP contribution < -0.4 is 15.9 Å². The van der Waals surface area contributed by atoms with E-state index in [-0.39, 0.29) is 4.64 Å². The maximum absolute atomic E-state index is 10.8. The van der Waals surface area contributed by atoms with E-state index in [1.165, 1.54) is 10.9 Å². The van der Waals surface area contributed by atoms with Gasteiger partial charge in [-0.3, -0.25) is 9.13 Å². The summed E-state index contributed by atoms with van der Waals surface area (Å²) in [7, 11) is -5.00. The number of phosphoric acid groups is 1. The van der Waals surface area contributed by atoms with Gasteiger partial charge in [0, 0.05) is 6.54 Å². The van der Waals surface area contributed by atoms with Crippen molar-refractivity contribution in [2.24, 2.45) is 5.73 Å². The van der Waals surface area contributed by atoms with Crippen LogP contribution in [0, 0.1) is 4.64 Å². The van der Waals surface area contributed by atoms with Crippen LogP contribution in [0.4, 0.5) is 5.95 Å². The number of H-pyrrole nitrogens is 1. The molecule has 3 rings (SSSR count). The molecule has 0 radical (unpaired) electrons. The van der Waals surface area contributed by atoms with Gasteiger partial charge in [0.2, 0.25) is 5.95 Å². The number of aliphatic hydroxyl groups excluding tert-OH is 2. The van der Waals surface area contributed by atoms with E-state index in [1.807, 2.05) is 0 Å². The highest BCUT2D eigenvalue weighted by molar-refractivity contribution is 7.71. The molecule has 3 heterocycles. The van der Waals surface area contributed by atoms with Gasteiger partial charge in [0.05, 0.1) is 12.9 Å². The fourth-order valence-electron chi connectivity index (χ4n) is 3.31. The number of imidazole rings is 1. The summed E-state index contributed by atoms with van der Waals surface area (Å²) in [4.78, 5) is 31.1. The van der Waals surface area contributed by atoms with Gasteiger partial charge in [0.1, 0.15) is 29.5 Å². The third kappa shape index (κ3) is 6.06. The van der Waals surface area contributed by atoms with Crippen molar-refractivity contribution in [3.8, 4) is 0 Å². The Morgan fingerprint density at radius 3 is 2.81 bits per heavy atom. The van der Waals surface area contributed by atoms with Gasteiger partial charge in [-0.25, -0.2) is 9.97 Å². The number of phosphoric ester groups is 1. The van der Waals surface area contributed by atoms with E-state index >= 15 is 0 Å². The number of fused-ring (bicyclic) bond motifs is 1. The van der Waals surface area contributed by atoms with Crippen LogP contribution in [-0.4, -0.2) is 72.6 Å². The van der Waals surface area contributed by atoms with Crippen molar-refractivity contribution in [2.75, 3.05) is 25.0 Å². The van der Waals surface area contributed by atoms with Crippen LogP contribution in [-0.2, 0) is 13.8 Å². The van der Waals surface area contributed by atoms with E-state index in [0.29, 0.717) is 30.2 Å². The topological polar surface area (TPSA) is 204 Å². The van der Waals surface area contributed by atoms with E-state index in [2.05, 4.69) is 24.8 Å². The van der Waals surface area contributed by atoms with Crippen LogP contribution in [0.1, 0.15) is 31.9 Å². The van der Waals surface area contributed by atoms with E-state index < -0.39 is 39.0 Å². The summed E-state index contributed by atoms with van der Waals surface area (Å²) >= 11 is 5.30. The Balaban J connectivity index is 1.74. The molecular formula is C16H26N6O7PS-. The SMILES string of the molecule is NCCCCCCNc1nc(=S)c2ncn([C@@H]3O[C@H](COP(=O)([O-])O)C(O)[C@@H]3O)c2[nH]1. The molecule has 0 spiro atoms. The number of aliphatic hydroxyl groups is 2. The Kier molecular flexibility index (Phi) is 8.13. The number of unbranched alkanes of at least 4 members (excludes halogenated alkanes) is 3. The number of anilines is 1. The lowest BCUT2D eigenvalue weighted by Gasteiger charge is -2.20. The first-order valence-electron chi connectivity index (χ1n) is 9.82. The van der Waals surface area contributed by atoms with Gasteiger partial charge in [-0.15, -0.1) is 0 Å². The van der Waals surface area contributed by atoms with Crippen molar-refractivity contribution < 1.29 is 33.8 Å². The van der Waals surface area contributed by atoms with Crippen LogP contribution in [0.2, 0.25) is 0 Å². The van der Waals surface area contributed by atoms with Crippen LogP contribution in [0.25, 0.3) is 11.2 Å². The minimum Gasteiger partial charge on any atom is -0.756 e. The highest BCUT2D eigenvalue weighted by Gasteiger charge is 2.44. The van der Waals surface area contributed by atoms with E-state index in [9.17, 15) is 19.7 Å². The van der Waals surface area contributed by atoms with Crippen LogP contribution >= 0.6 is 20.0 Å². The number of nitrogens with two attached hydrogens (primary N) is 1. The number of nitrogens with zero attached hydrogens (tertiary/aromatic N) is 3. The highest BCUT2D eigenvalue weighted by atomic mass is 32.1. The molecule has 15 heteroatoms. The van der Waals surface area contributed by atoms with Gasteiger partial charge in [-0.05, 0) is 19.4 Å². The van der Waals surface area contributed by atoms with Crippen LogP contribution in [0.15, 0.2) is 6.33 Å².